The average Bonchev–Trinajstić information content (AvgIpc) is 2.27. The standard InChI is InChI=1S/C9H8F4N2O/c10-7(11)9(12,13)8(16)15-5-6-3-1-2-4-14-6/h1-4,7H,5H2,(H,15,16). The highest BCUT2D eigenvalue weighted by atomic mass is 19.3. The van der Waals surface area contributed by atoms with Gasteiger partial charge in [-0.2, -0.15) is 8.78 Å². The summed E-state index contributed by atoms with van der Waals surface area (Å²) in [5, 5.41) is 1.69. The van der Waals surface area contributed by atoms with Crippen LogP contribution in [0.4, 0.5) is 17.6 Å². The van der Waals surface area contributed by atoms with Gasteiger partial charge < -0.3 is 5.32 Å². The highest BCUT2D eigenvalue weighted by Crippen LogP contribution is 2.22. The molecule has 0 fully saturated rings. The van der Waals surface area contributed by atoms with Crippen LogP contribution in [-0.4, -0.2) is 23.2 Å². The third kappa shape index (κ3) is 2.91. The summed E-state index contributed by atoms with van der Waals surface area (Å²) in [6, 6.07) is 4.65. The SMILES string of the molecule is O=C(NCc1ccccn1)C(F)(F)C(F)F. The topological polar surface area (TPSA) is 42.0 Å². The molecular weight excluding hydrogens is 228 g/mol. The number of halogens is 4. The number of carbonyl (C=O) groups excluding carboxylic acids is 1. The summed E-state index contributed by atoms with van der Waals surface area (Å²) < 4.78 is 48.4. The minimum Gasteiger partial charge on any atom is -0.345 e. The fourth-order valence-corrected chi connectivity index (χ4v) is 0.890. The molecule has 88 valence electrons. The number of amides is 1. The van der Waals surface area contributed by atoms with Crippen LogP contribution >= 0.6 is 0 Å². The zero-order valence-electron chi connectivity index (χ0n) is 7.96. The van der Waals surface area contributed by atoms with Gasteiger partial charge >= 0.3 is 12.3 Å². The Morgan fingerprint density at radius 2 is 2.12 bits per heavy atom. The van der Waals surface area contributed by atoms with Crippen LogP contribution in [0.3, 0.4) is 0 Å². The molecule has 16 heavy (non-hydrogen) atoms. The van der Waals surface area contributed by atoms with Crippen LogP contribution in [0.5, 0.6) is 0 Å². The zero-order valence-corrected chi connectivity index (χ0v) is 7.96. The quantitative estimate of drug-likeness (QED) is 0.807. The van der Waals surface area contributed by atoms with E-state index in [9.17, 15) is 22.4 Å². The van der Waals surface area contributed by atoms with E-state index in [0.717, 1.165) is 0 Å². The third-order valence-corrected chi connectivity index (χ3v) is 1.73. The lowest BCUT2D eigenvalue weighted by atomic mass is 10.3. The highest BCUT2D eigenvalue weighted by Gasteiger charge is 2.48. The summed E-state index contributed by atoms with van der Waals surface area (Å²) in [6.07, 6.45) is -2.62. The summed E-state index contributed by atoms with van der Waals surface area (Å²) >= 11 is 0. The van der Waals surface area contributed by atoms with Crippen LogP contribution < -0.4 is 5.32 Å². The summed E-state index contributed by atoms with van der Waals surface area (Å²) in [5.41, 5.74) is 0.306. The molecule has 0 unspecified atom stereocenters. The van der Waals surface area contributed by atoms with Crippen molar-refractivity contribution in [2.45, 2.75) is 18.9 Å². The van der Waals surface area contributed by atoms with E-state index in [1.165, 1.54) is 12.3 Å². The first-order chi connectivity index (χ1) is 7.44. The fraction of sp³-hybridized carbons (Fsp3) is 0.333. The lowest BCUT2D eigenvalue weighted by Crippen LogP contribution is -2.44. The Bertz CT molecular complexity index is 356. The van der Waals surface area contributed by atoms with E-state index >= 15 is 0 Å². The molecule has 0 aliphatic heterocycles. The van der Waals surface area contributed by atoms with E-state index in [4.69, 9.17) is 0 Å². The van der Waals surface area contributed by atoms with E-state index in [2.05, 4.69) is 4.98 Å². The minimum atomic E-state index is -4.67. The zero-order chi connectivity index (χ0) is 12.2. The molecule has 7 heteroatoms. The fourth-order valence-electron chi connectivity index (χ4n) is 0.890. The lowest BCUT2D eigenvalue weighted by molar-refractivity contribution is -0.169. The molecule has 1 N–H and O–H groups in total. The van der Waals surface area contributed by atoms with Crippen molar-refractivity contribution in [2.75, 3.05) is 0 Å². The summed E-state index contributed by atoms with van der Waals surface area (Å²) in [5.74, 6) is -6.68. The number of alkyl halides is 4. The van der Waals surface area contributed by atoms with Gasteiger partial charge in [-0.25, -0.2) is 8.78 Å². The predicted molar refractivity (Wildman–Crippen MR) is 47.0 cm³/mol. The highest BCUT2D eigenvalue weighted by molar-refractivity contribution is 5.83. The maximum Gasteiger partial charge on any atom is 0.383 e. The van der Waals surface area contributed by atoms with Gasteiger partial charge in [0.15, 0.2) is 0 Å². The molecule has 0 atom stereocenters. The predicted octanol–water partition coefficient (Wildman–Crippen LogP) is 1.60. The van der Waals surface area contributed by atoms with Crippen LogP contribution in [0.1, 0.15) is 5.69 Å². The number of rotatable bonds is 4. The van der Waals surface area contributed by atoms with E-state index in [-0.39, 0.29) is 6.54 Å². The maximum atomic E-state index is 12.5. The maximum absolute atomic E-state index is 12.5. The number of pyridine rings is 1. The monoisotopic (exact) mass is 236 g/mol. The molecule has 1 aromatic rings. The number of hydrogen-bond donors (Lipinski definition) is 1. The molecule has 0 saturated heterocycles. The second kappa shape index (κ2) is 4.91. The molecule has 1 heterocycles. The van der Waals surface area contributed by atoms with Crippen LogP contribution in [0.25, 0.3) is 0 Å². The molecule has 1 amide bonds. The van der Waals surface area contributed by atoms with Crippen molar-refractivity contribution in [3.05, 3.63) is 30.1 Å². The van der Waals surface area contributed by atoms with Gasteiger partial charge in [0.25, 0.3) is 5.91 Å². The second-order valence-corrected chi connectivity index (χ2v) is 2.93. The van der Waals surface area contributed by atoms with Crippen LogP contribution in [0.15, 0.2) is 24.4 Å². The molecule has 0 spiro atoms. The number of carbonyl (C=O) groups is 1. The average molecular weight is 236 g/mol. The molecule has 0 aliphatic carbocycles. The number of hydrogen-bond acceptors (Lipinski definition) is 2. The number of nitrogens with one attached hydrogen (secondary N) is 1. The second-order valence-electron chi connectivity index (χ2n) is 2.93. The van der Waals surface area contributed by atoms with E-state index in [0.29, 0.717) is 5.69 Å². The van der Waals surface area contributed by atoms with E-state index in [1.54, 1.807) is 17.4 Å². The first-order valence-electron chi connectivity index (χ1n) is 4.28. The Morgan fingerprint density at radius 1 is 1.44 bits per heavy atom. The Labute approximate surface area is 88.5 Å². The van der Waals surface area contributed by atoms with Gasteiger partial charge in [-0.05, 0) is 12.1 Å². The molecular formula is C9H8F4N2O. The van der Waals surface area contributed by atoms with Crippen LogP contribution in [0, 0.1) is 0 Å². The van der Waals surface area contributed by atoms with Crippen molar-refractivity contribution in [1.82, 2.24) is 10.3 Å². The minimum absolute atomic E-state index is 0.306. The Hall–Kier alpha value is -1.66. The normalized spacial score (nSPS) is 11.6. The number of aromatic nitrogens is 1. The van der Waals surface area contributed by atoms with Crippen molar-refractivity contribution in [2.24, 2.45) is 0 Å². The molecule has 1 rings (SSSR count). The lowest BCUT2D eigenvalue weighted by Gasteiger charge is -2.14. The summed E-state index contributed by atoms with van der Waals surface area (Å²) in [7, 11) is 0. The third-order valence-electron chi connectivity index (χ3n) is 1.73. The Balaban J connectivity index is 2.54. The molecule has 0 radical (unpaired) electrons. The van der Waals surface area contributed by atoms with Crippen molar-refractivity contribution < 1.29 is 22.4 Å². The van der Waals surface area contributed by atoms with Crippen LogP contribution in [-0.2, 0) is 11.3 Å². The van der Waals surface area contributed by atoms with E-state index < -0.39 is 18.3 Å². The van der Waals surface area contributed by atoms with Crippen molar-refractivity contribution in [3.63, 3.8) is 0 Å². The summed E-state index contributed by atoms with van der Waals surface area (Å²) in [6.45, 7) is -0.317. The molecule has 1 aromatic heterocycles. The smallest absolute Gasteiger partial charge is 0.345 e. The van der Waals surface area contributed by atoms with Gasteiger partial charge in [0.1, 0.15) is 0 Å². The molecule has 0 aromatic carbocycles. The van der Waals surface area contributed by atoms with Crippen LogP contribution in [0.2, 0.25) is 0 Å². The van der Waals surface area contributed by atoms with Gasteiger partial charge in [-0.15, -0.1) is 0 Å². The Kier molecular flexibility index (Phi) is 3.81. The largest absolute Gasteiger partial charge is 0.383 e. The first kappa shape index (κ1) is 12.4. The van der Waals surface area contributed by atoms with Crippen molar-refractivity contribution >= 4 is 5.91 Å². The van der Waals surface area contributed by atoms with Gasteiger partial charge in [-0.1, -0.05) is 6.07 Å². The Morgan fingerprint density at radius 3 is 2.62 bits per heavy atom. The van der Waals surface area contributed by atoms with Crippen molar-refractivity contribution in [1.29, 1.82) is 0 Å². The van der Waals surface area contributed by atoms with E-state index in [1.807, 2.05) is 0 Å². The molecule has 0 aliphatic rings. The summed E-state index contributed by atoms with van der Waals surface area (Å²) in [4.78, 5) is 14.4. The number of nitrogens with zero attached hydrogens (tertiary/aromatic N) is 1. The van der Waals surface area contributed by atoms with Gasteiger partial charge in [0.2, 0.25) is 0 Å². The van der Waals surface area contributed by atoms with Gasteiger partial charge in [0.05, 0.1) is 12.2 Å². The molecule has 3 nitrogen and oxygen atoms in total. The van der Waals surface area contributed by atoms with Crippen molar-refractivity contribution in [3.8, 4) is 0 Å². The molecule has 0 bridgehead atoms. The van der Waals surface area contributed by atoms with Gasteiger partial charge in [0, 0.05) is 6.20 Å². The first-order valence-corrected chi connectivity index (χ1v) is 4.28. The molecule has 0 saturated carbocycles. The van der Waals surface area contributed by atoms with Gasteiger partial charge in [-0.3, -0.25) is 9.78 Å².